The lowest BCUT2D eigenvalue weighted by molar-refractivity contribution is 0.0951. The molecule has 0 saturated carbocycles. The number of carbonyl (C=O) groups excluding carboxylic acids is 1. The van der Waals surface area contributed by atoms with E-state index in [0.717, 1.165) is 16.5 Å². The zero-order valence-electron chi connectivity index (χ0n) is 10.0. The maximum Gasteiger partial charge on any atom is 0.252 e. The number of rotatable bonds is 5. The predicted molar refractivity (Wildman–Crippen MR) is 81.1 cm³/mol. The van der Waals surface area contributed by atoms with Crippen molar-refractivity contribution in [2.75, 3.05) is 6.54 Å². The molecule has 1 N–H and O–H groups in total. The van der Waals surface area contributed by atoms with Crippen LogP contribution in [0.25, 0.3) is 0 Å². The quantitative estimate of drug-likeness (QED) is 0.630. The van der Waals surface area contributed by atoms with E-state index < -0.39 is 0 Å². The van der Waals surface area contributed by atoms with Crippen molar-refractivity contribution in [3.05, 3.63) is 44.7 Å². The number of benzene rings is 1. The lowest BCUT2D eigenvalue weighted by Gasteiger charge is -2.07. The van der Waals surface area contributed by atoms with Gasteiger partial charge in [-0.05, 0) is 47.2 Å². The minimum atomic E-state index is -0.106. The van der Waals surface area contributed by atoms with Crippen molar-refractivity contribution < 1.29 is 4.79 Å². The van der Waals surface area contributed by atoms with E-state index in [1.165, 1.54) is 0 Å². The molecule has 2 aromatic rings. The molecule has 0 atom stereocenters. The molecular formula is C12H12ClIN4O. The number of aromatic nitrogens is 3. The topological polar surface area (TPSA) is 59.8 Å². The van der Waals surface area contributed by atoms with Crippen LogP contribution in [0.2, 0.25) is 5.02 Å². The monoisotopic (exact) mass is 390 g/mol. The van der Waals surface area contributed by atoms with Gasteiger partial charge >= 0.3 is 0 Å². The van der Waals surface area contributed by atoms with Crippen molar-refractivity contribution >= 4 is 40.1 Å². The number of nitrogens with one attached hydrogen (secondary N) is 1. The average Bonchev–Trinajstić information content (AvgIpc) is 2.90. The number of hydrogen-bond donors (Lipinski definition) is 1. The Balaban J connectivity index is 1.82. The summed E-state index contributed by atoms with van der Waals surface area (Å²) < 4.78 is 2.62. The summed E-state index contributed by atoms with van der Waals surface area (Å²) in [6, 6.07) is 5.27. The molecule has 1 aromatic carbocycles. The first kappa shape index (κ1) is 14.3. The van der Waals surface area contributed by atoms with E-state index in [4.69, 9.17) is 11.6 Å². The first-order chi connectivity index (χ1) is 9.16. The van der Waals surface area contributed by atoms with Gasteiger partial charge in [-0.2, -0.15) is 0 Å². The van der Waals surface area contributed by atoms with Crippen LogP contribution in [0.1, 0.15) is 16.8 Å². The molecule has 0 aliphatic rings. The van der Waals surface area contributed by atoms with Gasteiger partial charge in [0.2, 0.25) is 0 Å². The molecule has 0 spiro atoms. The number of halogens is 2. The fourth-order valence-electron chi connectivity index (χ4n) is 1.56. The third-order valence-electron chi connectivity index (χ3n) is 2.49. The summed E-state index contributed by atoms with van der Waals surface area (Å²) in [7, 11) is 0. The third-order valence-corrected chi connectivity index (χ3v) is 3.67. The number of amides is 1. The summed E-state index contributed by atoms with van der Waals surface area (Å²) in [5, 5.41) is 11.0. The Labute approximate surface area is 129 Å². The molecule has 0 unspecified atom stereocenters. The number of hydrogen-bond acceptors (Lipinski definition) is 3. The Bertz CT molecular complexity index is 559. The van der Waals surface area contributed by atoms with Crippen molar-refractivity contribution in [3.63, 3.8) is 0 Å². The number of carbonyl (C=O) groups is 1. The Morgan fingerprint density at radius 3 is 3.05 bits per heavy atom. The summed E-state index contributed by atoms with van der Waals surface area (Å²) >= 11 is 8.01. The smallest absolute Gasteiger partial charge is 0.252 e. The van der Waals surface area contributed by atoms with Crippen molar-refractivity contribution in [1.29, 1.82) is 0 Å². The van der Waals surface area contributed by atoms with Gasteiger partial charge < -0.3 is 5.32 Å². The summed E-state index contributed by atoms with van der Waals surface area (Å²) in [6.07, 6.45) is 4.22. The van der Waals surface area contributed by atoms with Gasteiger partial charge in [0.25, 0.3) is 5.91 Å². The van der Waals surface area contributed by atoms with Crippen LogP contribution in [0.5, 0.6) is 0 Å². The molecule has 19 heavy (non-hydrogen) atoms. The maximum absolute atomic E-state index is 12.0. The van der Waals surface area contributed by atoms with Gasteiger partial charge in [-0.15, -0.1) is 5.10 Å². The van der Waals surface area contributed by atoms with Crippen LogP contribution >= 0.6 is 34.2 Å². The summed E-state index contributed by atoms with van der Waals surface area (Å²) in [5.41, 5.74) is 0.605. The van der Waals surface area contributed by atoms with Crippen LogP contribution in [0, 0.1) is 3.57 Å². The van der Waals surface area contributed by atoms with Crippen molar-refractivity contribution in [2.24, 2.45) is 0 Å². The highest BCUT2D eigenvalue weighted by atomic mass is 127. The van der Waals surface area contributed by atoms with Crippen LogP contribution in [-0.4, -0.2) is 27.4 Å². The summed E-state index contributed by atoms with van der Waals surface area (Å²) in [4.78, 5) is 12.0. The van der Waals surface area contributed by atoms with E-state index in [1.54, 1.807) is 29.2 Å². The number of aryl methyl sites for hydroxylation is 1. The van der Waals surface area contributed by atoms with Gasteiger partial charge in [0.1, 0.15) is 0 Å². The molecule has 1 aromatic heterocycles. The van der Waals surface area contributed by atoms with Crippen molar-refractivity contribution in [3.8, 4) is 0 Å². The zero-order valence-corrected chi connectivity index (χ0v) is 12.9. The Hall–Kier alpha value is -1.15. The van der Waals surface area contributed by atoms with Gasteiger partial charge in [0.05, 0.1) is 11.8 Å². The van der Waals surface area contributed by atoms with Crippen LogP contribution < -0.4 is 5.32 Å². The molecular weight excluding hydrogens is 379 g/mol. The van der Waals surface area contributed by atoms with E-state index in [-0.39, 0.29) is 5.91 Å². The van der Waals surface area contributed by atoms with E-state index in [0.29, 0.717) is 17.1 Å². The molecule has 100 valence electrons. The average molecular weight is 391 g/mol. The molecule has 0 aliphatic heterocycles. The lowest BCUT2D eigenvalue weighted by atomic mass is 10.2. The van der Waals surface area contributed by atoms with Crippen molar-refractivity contribution in [1.82, 2.24) is 20.3 Å². The molecule has 0 bridgehead atoms. The Morgan fingerprint density at radius 2 is 2.32 bits per heavy atom. The van der Waals surface area contributed by atoms with E-state index in [9.17, 15) is 4.79 Å². The molecule has 7 heteroatoms. The molecule has 0 aliphatic carbocycles. The highest BCUT2D eigenvalue weighted by Crippen LogP contribution is 2.17. The Kier molecular flexibility index (Phi) is 5.15. The number of nitrogens with zero attached hydrogens (tertiary/aromatic N) is 3. The summed E-state index contributed by atoms with van der Waals surface area (Å²) in [6.45, 7) is 1.31. The van der Waals surface area contributed by atoms with Crippen LogP contribution in [0.3, 0.4) is 0 Å². The highest BCUT2D eigenvalue weighted by Gasteiger charge is 2.09. The molecule has 0 saturated heterocycles. The SMILES string of the molecule is O=C(NCCCn1ccnn1)c1cc(Cl)ccc1I. The first-order valence-electron chi connectivity index (χ1n) is 5.74. The third kappa shape index (κ3) is 4.17. The fourth-order valence-corrected chi connectivity index (χ4v) is 2.31. The molecule has 1 heterocycles. The molecule has 1 amide bonds. The van der Waals surface area contributed by atoms with Gasteiger partial charge in [0.15, 0.2) is 0 Å². The normalized spacial score (nSPS) is 10.4. The first-order valence-corrected chi connectivity index (χ1v) is 7.20. The zero-order chi connectivity index (χ0) is 13.7. The summed E-state index contributed by atoms with van der Waals surface area (Å²) in [5.74, 6) is -0.106. The maximum atomic E-state index is 12.0. The highest BCUT2D eigenvalue weighted by molar-refractivity contribution is 14.1. The fraction of sp³-hybridized carbons (Fsp3) is 0.250. The molecule has 5 nitrogen and oxygen atoms in total. The minimum Gasteiger partial charge on any atom is -0.352 e. The molecule has 0 fully saturated rings. The van der Waals surface area contributed by atoms with E-state index >= 15 is 0 Å². The van der Waals surface area contributed by atoms with Gasteiger partial charge in [-0.3, -0.25) is 9.48 Å². The van der Waals surface area contributed by atoms with E-state index in [1.807, 2.05) is 6.07 Å². The minimum absolute atomic E-state index is 0.106. The molecule has 2 rings (SSSR count). The lowest BCUT2D eigenvalue weighted by Crippen LogP contribution is -2.26. The second-order valence-corrected chi connectivity index (χ2v) is 5.50. The van der Waals surface area contributed by atoms with Crippen LogP contribution in [0.4, 0.5) is 0 Å². The van der Waals surface area contributed by atoms with Crippen LogP contribution in [0.15, 0.2) is 30.6 Å². The van der Waals surface area contributed by atoms with E-state index in [2.05, 4.69) is 38.2 Å². The van der Waals surface area contributed by atoms with Crippen molar-refractivity contribution in [2.45, 2.75) is 13.0 Å². The van der Waals surface area contributed by atoms with Crippen LogP contribution in [-0.2, 0) is 6.54 Å². The van der Waals surface area contributed by atoms with Gasteiger partial charge in [-0.25, -0.2) is 0 Å². The second kappa shape index (κ2) is 6.85. The largest absolute Gasteiger partial charge is 0.352 e. The standard InChI is InChI=1S/C12H12ClIN4O/c13-9-2-3-11(14)10(8-9)12(19)15-4-1-6-18-7-5-16-17-18/h2-3,5,7-8H,1,4,6H2,(H,15,19). The van der Waals surface area contributed by atoms with Gasteiger partial charge in [-0.1, -0.05) is 16.8 Å². The second-order valence-electron chi connectivity index (χ2n) is 3.90. The van der Waals surface area contributed by atoms with Gasteiger partial charge in [0, 0.05) is 27.9 Å². The Morgan fingerprint density at radius 1 is 1.47 bits per heavy atom. The predicted octanol–water partition coefficient (Wildman–Crippen LogP) is 2.36. The molecule has 0 radical (unpaired) electrons.